The predicted octanol–water partition coefficient (Wildman–Crippen LogP) is 3.53. The minimum atomic E-state index is -3.46. The number of nitrogens with zero attached hydrogens (tertiary/aromatic N) is 1. The SMILES string of the molecule is C=CCCCN(CC(=C)C)S(=O)(=O)c1ccc(C)cc1. The van der Waals surface area contributed by atoms with Gasteiger partial charge in [-0.1, -0.05) is 35.9 Å². The molecule has 4 heteroatoms. The maximum atomic E-state index is 12.6. The molecule has 20 heavy (non-hydrogen) atoms. The van der Waals surface area contributed by atoms with Crippen LogP contribution in [0.5, 0.6) is 0 Å². The molecule has 0 unspecified atom stereocenters. The Morgan fingerprint density at radius 1 is 1.30 bits per heavy atom. The van der Waals surface area contributed by atoms with Crippen molar-refractivity contribution in [1.29, 1.82) is 0 Å². The number of rotatable bonds is 8. The van der Waals surface area contributed by atoms with E-state index in [1.807, 2.05) is 26.0 Å². The minimum Gasteiger partial charge on any atom is -0.207 e. The summed E-state index contributed by atoms with van der Waals surface area (Å²) >= 11 is 0. The maximum Gasteiger partial charge on any atom is 0.243 e. The van der Waals surface area contributed by atoms with Crippen molar-refractivity contribution in [3.8, 4) is 0 Å². The van der Waals surface area contributed by atoms with E-state index in [4.69, 9.17) is 0 Å². The molecule has 1 aromatic carbocycles. The quantitative estimate of drug-likeness (QED) is 0.543. The molecule has 0 saturated heterocycles. The lowest BCUT2D eigenvalue weighted by atomic mass is 10.2. The van der Waals surface area contributed by atoms with Crippen molar-refractivity contribution < 1.29 is 8.42 Å². The first-order chi connectivity index (χ1) is 9.37. The maximum absolute atomic E-state index is 12.6. The highest BCUT2D eigenvalue weighted by atomic mass is 32.2. The van der Waals surface area contributed by atoms with Gasteiger partial charge in [0.15, 0.2) is 0 Å². The Bertz CT molecular complexity index is 559. The summed E-state index contributed by atoms with van der Waals surface area (Å²) in [5.74, 6) is 0. The standard InChI is InChI=1S/C16H23NO2S/c1-5-6-7-12-17(13-14(2)3)20(18,19)16-10-8-15(4)9-11-16/h5,8-11H,1-2,6-7,12-13H2,3-4H3. The smallest absolute Gasteiger partial charge is 0.207 e. The second kappa shape index (κ2) is 7.41. The van der Waals surface area contributed by atoms with Crippen molar-refractivity contribution in [2.75, 3.05) is 13.1 Å². The van der Waals surface area contributed by atoms with E-state index >= 15 is 0 Å². The fourth-order valence-electron chi connectivity index (χ4n) is 1.86. The van der Waals surface area contributed by atoms with Crippen LogP contribution >= 0.6 is 0 Å². The van der Waals surface area contributed by atoms with Crippen LogP contribution < -0.4 is 0 Å². The molecule has 0 aliphatic heterocycles. The number of unbranched alkanes of at least 4 members (excludes halogenated alkanes) is 1. The van der Waals surface area contributed by atoms with E-state index in [-0.39, 0.29) is 0 Å². The Hall–Kier alpha value is -1.39. The van der Waals surface area contributed by atoms with Gasteiger partial charge in [0.05, 0.1) is 4.90 Å². The van der Waals surface area contributed by atoms with Crippen molar-refractivity contribution in [3.05, 3.63) is 54.6 Å². The Morgan fingerprint density at radius 2 is 1.90 bits per heavy atom. The van der Waals surface area contributed by atoms with Crippen molar-refractivity contribution in [3.63, 3.8) is 0 Å². The summed E-state index contributed by atoms with van der Waals surface area (Å²) in [5.41, 5.74) is 1.88. The highest BCUT2D eigenvalue weighted by Gasteiger charge is 2.23. The van der Waals surface area contributed by atoms with Crippen LogP contribution in [-0.4, -0.2) is 25.8 Å². The summed E-state index contributed by atoms with van der Waals surface area (Å²) in [6, 6.07) is 6.94. The van der Waals surface area contributed by atoms with Crippen molar-refractivity contribution in [2.45, 2.75) is 31.6 Å². The van der Waals surface area contributed by atoms with Crippen LogP contribution in [0.25, 0.3) is 0 Å². The molecule has 0 bridgehead atoms. The molecule has 0 heterocycles. The second-order valence-corrected chi connectivity index (χ2v) is 6.98. The number of aryl methyl sites for hydroxylation is 1. The van der Waals surface area contributed by atoms with Gasteiger partial charge >= 0.3 is 0 Å². The molecule has 1 aromatic rings. The third-order valence-corrected chi connectivity index (χ3v) is 4.78. The van der Waals surface area contributed by atoms with Crippen molar-refractivity contribution >= 4 is 10.0 Å². The molecule has 0 saturated carbocycles. The van der Waals surface area contributed by atoms with Crippen molar-refractivity contribution in [2.24, 2.45) is 0 Å². The van der Waals surface area contributed by atoms with E-state index in [9.17, 15) is 8.42 Å². The van der Waals surface area contributed by atoms with Crippen LogP contribution in [0.2, 0.25) is 0 Å². The van der Waals surface area contributed by atoms with Gasteiger partial charge < -0.3 is 0 Å². The lowest BCUT2D eigenvalue weighted by Gasteiger charge is -2.22. The Balaban J connectivity index is 2.99. The predicted molar refractivity (Wildman–Crippen MR) is 84.2 cm³/mol. The molecule has 0 spiro atoms. The van der Waals surface area contributed by atoms with Crippen LogP contribution in [0.15, 0.2) is 54.0 Å². The van der Waals surface area contributed by atoms with Gasteiger partial charge in [-0.25, -0.2) is 8.42 Å². The minimum absolute atomic E-state index is 0.336. The zero-order valence-corrected chi connectivity index (χ0v) is 13.1. The van der Waals surface area contributed by atoms with E-state index < -0.39 is 10.0 Å². The summed E-state index contributed by atoms with van der Waals surface area (Å²) in [6.45, 7) is 12.1. The fraction of sp³-hybridized carbons (Fsp3) is 0.375. The molecule has 0 radical (unpaired) electrons. The molecular weight excluding hydrogens is 270 g/mol. The molecule has 110 valence electrons. The third kappa shape index (κ3) is 4.62. The number of hydrogen-bond donors (Lipinski definition) is 0. The zero-order valence-electron chi connectivity index (χ0n) is 12.3. The van der Waals surface area contributed by atoms with Crippen LogP contribution in [-0.2, 0) is 10.0 Å². The first kappa shape index (κ1) is 16.7. The molecule has 0 fully saturated rings. The Morgan fingerprint density at radius 3 is 2.40 bits per heavy atom. The Kier molecular flexibility index (Phi) is 6.17. The second-order valence-electron chi connectivity index (χ2n) is 5.04. The van der Waals surface area contributed by atoms with E-state index in [1.165, 1.54) is 4.31 Å². The molecular formula is C16H23NO2S. The van der Waals surface area contributed by atoms with Gasteiger partial charge in [-0.2, -0.15) is 4.31 Å². The first-order valence-corrected chi connectivity index (χ1v) is 8.14. The summed E-state index contributed by atoms with van der Waals surface area (Å²) < 4.78 is 26.8. The summed E-state index contributed by atoms with van der Waals surface area (Å²) in [5, 5.41) is 0. The van der Waals surface area contributed by atoms with E-state index in [0.717, 1.165) is 24.0 Å². The zero-order chi connectivity index (χ0) is 15.2. The van der Waals surface area contributed by atoms with Crippen LogP contribution in [0.3, 0.4) is 0 Å². The molecule has 0 amide bonds. The highest BCUT2D eigenvalue weighted by molar-refractivity contribution is 7.89. The summed E-state index contributed by atoms with van der Waals surface area (Å²) in [4.78, 5) is 0.336. The average molecular weight is 293 g/mol. The normalized spacial score (nSPS) is 11.6. The van der Waals surface area contributed by atoms with E-state index in [1.54, 1.807) is 18.2 Å². The van der Waals surface area contributed by atoms with Gasteiger partial charge in [-0.15, -0.1) is 6.58 Å². The number of hydrogen-bond acceptors (Lipinski definition) is 2. The topological polar surface area (TPSA) is 37.4 Å². The van der Waals surface area contributed by atoms with Gasteiger partial charge in [0, 0.05) is 13.1 Å². The van der Waals surface area contributed by atoms with Gasteiger partial charge in [0.25, 0.3) is 0 Å². The van der Waals surface area contributed by atoms with Gasteiger partial charge in [-0.05, 0) is 38.8 Å². The van der Waals surface area contributed by atoms with E-state index in [2.05, 4.69) is 13.2 Å². The van der Waals surface area contributed by atoms with Crippen LogP contribution in [0, 0.1) is 6.92 Å². The molecule has 0 aromatic heterocycles. The van der Waals surface area contributed by atoms with Crippen molar-refractivity contribution in [1.82, 2.24) is 4.31 Å². The largest absolute Gasteiger partial charge is 0.243 e. The molecule has 0 atom stereocenters. The lowest BCUT2D eigenvalue weighted by molar-refractivity contribution is 0.429. The Labute approximate surface area is 122 Å². The fourth-order valence-corrected chi connectivity index (χ4v) is 3.39. The summed E-state index contributed by atoms with van der Waals surface area (Å²) in [7, 11) is -3.46. The monoisotopic (exact) mass is 293 g/mol. The number of allylic oxidation sites excluding steroid dienone is 1. The van der Waals surface area contributed by atoms with Gasteiger partial charge in [-0.3, -0.25) is 0 Å². The van der Waals surface area contributed by atoms with E-state index in [0.29, 0.717) is 18.0 Å². The molecule has 0 aliphatic rings. The van der Waals surface area contributed by atoms with Gasteiger partial charge in [0.2, 0.25) is 10.0 Å². The van der Waals surface area contributed by atoms with Crippen LogP contribution in [0.4, 0.5) is 0 Å². The summed E-state index contributed by atoms with van der Waals surface area (Å²) in [6.07, 6.45) is 3.37. The molecule has 3 nitrogen and oxygen atoms in total. The number of benzene rings is 1. The third-order valence-electron chi connectivity index (χ3n) is 2.92. The first-order valence-electron chi connectivity index (χ1n) is 6.70. The molecule has 0 aliphatic carbocycles. The average Bonchev–Trinajstić information content (AvgIpc) is 2.38. The molecule has 0 N–H and O–H groups in total. The van der Waals surface area contributed by atoms with Crippen LogP contribution in [0.1, 0.15) is 25.3 Å². The van der Waals surface area contributed by atoms with Gasteiger partial charge in [0.1, 0.15) is 0 Å². The number of sulfonamides is 1. The highest BCUT2D eigenvalue weighted by Crippen LogP contribution is 2.18. The molecule has 1 rings (SSSR count). The lowest BCUT2D eigenvalue weighted by Crippen LogP contribution is -2.33.